The minimum atomic E-state index is -3.95. The molecule has 0 aliphatic heterocycles. The fourth-order valence-electron chi connectivity index (χ4n) is 3.56. The van der Waals surface area contributed by atoms with Crippen LogP contribution in [0.25, 0.3) is 11.1 Å². The van der Waals surface area contributed by atoms with Crippen molar-refractivity contribution in [1.29, 1.82) is 0 Å². The van der Waals surface area contributed by atoms with Gasteiger partial charge in [-0.3, -0.25) is 10.1 Å². The Bertz CT molecular complexity index is 1740. The van der Waals surface area contributed by atoms with Crippen LogP contribution in [0.2, 0.25) is 10.0 Å². The molecule has 0 saturated heterocycles. The molecule has 15 heteroatoms. The molecule has 0 bridgehead atoms. The molecule has 10 nitrogen and oxygen atoms in total. The van der Waals surface area contributed by atoms with Gasteiger partial charge in [0.05, 0.1) is 14.8 Å². The second kappa shape index (κ2) is 12.6. The predicted octanol–water partition coefficient (Wildman–Crippen LogP) is 6.07. The molecule has 4 aromatic rings. The third-order valence-electron chi connectivity index (χ3n) is 5.46. The van der Waals surface area contributed by atoms with Crippen molar-refractivity contribution in [2.75, 3.05) is 13.1 Å². The molecule has 0 fully saturated rings. The lowest BCUT2D eigenvalue weighted by Crippen LogP contribution is -2.30. The van der Waals surface area contributed by atoms with Crippen molar-refractivity contribution < 1.29 is 26.5 Å². The van der Waals surface area contributed by atoms with Crippen LogP contribution in [0.5, 0.6) is 11.5 Å². The minimum Gasteiger partial charge on any atom is -0.455 e. The molecule has 4 rings (SSSR count). The smallest absolute Gasteiger partial charge is 0.269 e. The summed E-state index contributed by atoms with van der Waals surface area (Å²) in [5, 5.41) is 13.1. The fourth-order valence-corrected chi connectivity index (χ4v) is 7.57. The molecule has 0 amide bonds. The van der Waals surface area contributed by atoms with E-state index in [9.17, 15) is 26.9 Å². The maximum absolute atomic E-state index is 13.1. The molecule has 3 aromatic carbocycles. The number of nitro benzene ring substituents is 1. The normalized spacial score (nSPS) is 11.8. The zero-order chi connectivity index (χ0) is 28.9. The van der Waals surface area contributed by atoms with Crippen LogP contribution in [0.1, 0.15) is 6.42 Å². The van der Waals surface area contributed by atoms with Crippen molar-refractivity contribution >= 4 is 60.3 Å². The standard InChI is InChI=1S/C25H21Cl2N3O7S3/c26-17-6-11-24(22(27)16-17)37-23-5-2-1-4-20(23)21-12-15-38-25(21)40(35,36)29-14-3-13-28-39(33,34)19-9-7-18(8-10-19)30(31)32/h1-2,4-12,15-16,28-29H,3,13-14H2. The number of ether oxygens (including phenoxy) is 1. The van der Waals surface area contributed by atoms with Crippen molar-refractivity contribution in [3.8, 4) is 22.6 Å². The molecule has 2 N–H and O–H groups in total. The first kappa shape index (κ1) is 29.9. The first-order valence-electron chi connectivity index (χ1n) is 11.5. The summed E-state index contributed by atoms with van der Waals surface area (Å²) in [7, 11) is -7.87. The Balaban J connectivity index is 1.41. The van der Waals surface area contributed by atoms with E-state index >= 15 is 0 Å². The fraction of sp³-hybridized carbons (Fsp3) is 0.120. The zero-order valence-corrected chi connectivity index (χ0v) is 24.4. The van der Waals surface area contributed by atoms with Gasteiger partial charge >= 0.3 is 0 Å². The summed E-state index contributed by atoms with van der Waals surface area (Å²) < 4.78 is 62.0. The summed E-state index contributed by atoms with van der Waals surface area (Å²) in [6.45, 7) is -0.0986. The number of para-hydroxylation sites is 1. The lowest BCUT2D eigenvalue weighted by Gasteiger charge is -2.13. The Kier molecular flexibility index (Phi) is 9.46. The number of nitrogens with one attached hydrogen (secondary N) is 2. The average Bonchev–Trinajstić information content (AvgIpc) is 3.41. The monoisotopic (exact) mass is 641 g/mol. The molecule has 0 saturated carbocycles. The number of nitrogens with zero attached hydrogens (tertiary/aromatic N) is 1. The van der Waals surface area contributed by atoms with Gasteiger partial charge in [0.25, 0.3) is 15.7 Å². The summed E-state index contributed by atoms with van der Waals surface area (Å²) in [6, 6.07) is 17.8. The van der Waals surface area contributed by atoms with Gasteiger partial charge in [0.15, 0.2) is 0 Å². The van der Waals surface area contributed by atoms with Crippen molar-refractivity contribution in [3.05, 3.63) is 98.3 Å². The minimum absolute atomic E-state index is 0.0407. The first-order valence-corrected chi connectivity index (χ1v) is 16.1. The molecule has 210 valence electrons. The first-order chi connectivity index (χ1) is 19.0. The van der Waals surface area contributed by atoms with Crippen molar-refractivity contribution in [2.45, 2.75) is 15.5 Å². The number of non-ortho nitro benzene ring substituents is 1. The average molecular weight is 643 g/mol. The van der Waals surface area contributed by atoms with Crippen LogP contribution in [0.4, 0.5) is 5.69 Å². The Hall–Kier alpha value is -3.04. The lowest BCUT2D eigenvalue weighted by molar-refractivity contribution is -0.384. The number of thiophene rings is 1. The molecule has 0 atom stereocenters. The third kappa shape index (κ3) is 7.18. The molecular weight excluding hydrogens is 621 g/mol. The number of nitro groups is 1. The Morgan fingerprint density at radius 1 is 0.825 bits per heavy atom. The maximum Gasteiger partial charge on any atom is 0.269 e. The molecular formula is C25H21Cl2N3O7S3. The number of benzene rings is 3. The third-order valence-corrected chi connectivity index (χ3v) is 10.4. The van der Waals surface area contributed by atoms with Gasteiger partial charge < -0.3 is 4.74 Å². The number of sulfonamides is 2. The van der Waals surface area contributed by atoms with Crippen LogP contribution in [-0.2, 0) is 20.0 Å². The molecule has 0 aliphatic carbocycles. The van der Waals surface area contributed by atoms with Crippen molar-refractivity contribution in [3.63, 3.8) is 0 Å². The quantitative estimate of drug-likeness (QED) is 0.108. The highest BCUT2D eigenvalue weighted by Gasteiger charge is 2.23. The molecule has 0 spiro atoms. The second-order valence-corrected chi connectivity index (χ2v) is 13.7. The maximum atomic E-state index is 13.1. The van der Waals surface area contributed by atoms with Gasteiger partial charge in [0, 0.05) is 41.4 Å². The largest absolute Gasteiger partial charge is 0.455 e. The van der Waals surface area contributed by atoms with Gasteiger partial charge in [0.2, 0.25) is 10.0 Å². The van der Waals surface area contributed by atoms with E-state index in [4.69, 9.17) is 27.9 Å². The molecule has 1 aromatic heterocycles. The molecule has 40 heavy (non-hydrogen) atoms. The molecule has 1 heterocycles. The summed E-state index contributed by atoms with van der Waals surface area (Å²) in [4.78, 5) is 9.99. The van der Waals surface area contributed by atoms with Gasteiger partial charge in [-0.25, -0.2) is 26.3 Å². The number of hydrogen-bond acceptors (Lipinski definition) is 8. The van der Waals surface area contributed by atoms with Crippen LogP contribution in [0.3, 0.4) is 0 Å². The van der Waals surface area contributed by atoms with Crippen LogP contribution in [-0.4, -0.2) is 34.8 Å². The van der Waals surface area contributed by atoms with E-state index in [1.165, 1.54) is 6.07 Å². The van der Waals surface area contributed by atoms with E-state index in [0.29, 0.717) is 32.7 Å². The Morgan fingerprint density at radius 2 is 1.50 bits per heavy atom. The summed E-state index contributed by atoms with van der Waals surface area (Å²) >= 11 is 13.2. The van der Waals surface area contributed by atoms with E-state index < -0.39 is 25.0 Å². The van der Waals surface area contributed by atoms with E-state index in [1.54, 1.807) is 47.8 Å². The summed E-state index contributed by atoms with van der Waals surface area (Å²) in [5.74, 6) is 0.745. The highest BCUT2D eigenvalue weighted by Crippen LogP contribution is 2.40. The highest BCUT2D eigenvalue weighted by atomic mass is 35.5. The van der Waals surface area contributed by atoms with Gasteiger partial charge in [0.1, 0.15) is 15.7 Å². The number of halogens is 2. The summed E-state index contributed by atoms with van der Waals surface area (Å²) in [6.07, 6.45) is 0.154. The molecule has 0 aliphatic rings. The highest BCUT2D eigenvalue weighted by molar-refractivity contribution is 7.91. The van der Waals surface area contributed by atoms with Crippen molar-refractivity contribution in [1.82, 2.24) is 9.44 Å². The van der Waals surface area contributed by atoms with E-state index in [2.05, 4.69) is 9.44 Å². The SMILES string of the molecule is O=[N+]([O-])c1ccc(S(=O)(=O)NCCCNS(=O)(=O)c2sccc2-c2ccccc2Oc2ccc(Cl)cc2Cl)cc1. The van der Waals surface area contributed by atoms with Crippen molar-refractivity contribution in [2.24, 2.45) is 0 Å². The van der Waals surface area contributed by atoms with Gasteiger partial charge in [-0.2, -0.15) is 0 Å². The van der Waals surface area contributed by atoms with Crippen LogP contribution in [0, 0.1) is 10.1 Å². The number of hydrogen-bond donors (Lipinski definition) is 2. The van der Waals surface area contributed by atoms with E-state index in [-0.39, 0.29) is 34.3 Å². The molecule has 0 unspecified atom stereocenters. The molecule has 0 radical (unpaired) electrons. The predicted molar refractivity (Wildman–Crippen MR) is 154 cm³/mol. The second-order valence-electron chi connectivity index (χ2n) is 8.19. The van der Waals surface area contributed by atoms with Crippen LogP contribution >= 0.6 is 34.5 Å². The van der Waals surface area contributed by atoms with Gasteiger partial charge in [-0.1, -0.05) is 41.4 Å². The van der Waals surface area contributed by atoms with Gasteiger partial charge in [-0.15, -0.1) is 11.3 Å². The lowest BCUT2D eigenvalue weighted by atomic mass is 10.1. The van der Waals surface area contributed by atoms with E-state index in [1.807, 2.05) is 0 Å². The zero-order valence-electron chi connectivity index (χ0n) is 20.4. The topological polar surface area (TPSA) is 145 Å². The Labute approximate surface area is 244 Å². The van der Waals surface area contributed by atoms with Crippen LogP contribution < -0.4 is 14.2 Å². The van der Waals surface area contributed by atoms with Crippen LogP contribution in [0.15, 0.2) is 87.3 Å². The number of rotatable bonds is 12. The van der Waals surface area contributed by atoms with Gasteiger partial charge in [-0.05, 0) is 54.3 Å². The van der Waals surface area contributed by atoms with E-state index in [0.717, 1.165) is 35.6 Å². The Morgan fingerprint density at radius 3 is 2.17 bits per heavy atom. The summed E-state index contributed by atoms with van der Waals surface area (Å²) in [5.41, 5.74) is 0.729.